The van der Waals surface area contributed by atoms with Gasteiger partial charge in [0.2, 0.25) is 16.0 Å². The van der Waals surface area contributed by atoms with Crippen LogP contribution >= 0.6 is 0 Å². The van der Waals surface area contributed by atoms with Gasteiger partial charge in [-0.25, -0.2) is 31.7 Å². The molecule has 3 fully saturated rings. The summed E-state index contributed by atoms with van der Waals surface area (Å²) in [5.74, 6) is 3.52. The third-order valence-electron chi connectivity index (χ3n) is 20.8. The average Bonchev–Trinajstić information content (AvgIpc) is 0.958. The first-order valence-electron chi connectivity index (χ1n) is 36.1. The van der Waals surface area contributed by atoms with Crippen molar-refractivity contribution in [2.75, 3.05) is 83.4 Å². The Hall–Kier alpha value is -8.74. The van der Waals surface area contributed by atoms with Crippen LogP contribution in [0.1, 0.15) is 142 Å². The molecule has 26 heteroatoms. The van der Waals surface area contributed by atoms with Gasteiger partial charge in [-0.05, 0) is 154 Å². The number of pyridine rings is 1. The number of piperazine rings is 1. The second-order valence-electron chi connectivity index (χ2n) is 29.7. The quantitative estimate of drug-likeness (QED) is 0.0202. The number of aromatic nitrogens is 6. The molecule has 554 valence electrons. The first-order valence-corrected chi connectivity index (χ1v) is 39.7. The van der Waals surface area contributed by atoms with Crippen molar-refractivity contribution in [1.82, 2.24) is 39.2 Å². The summed E-state index contributed by atoms with van der Waals surface area (Å²) in [5.41, 5.74) is 8.70. The van der Waals surface area contributed by atoms with Crippen molar-refractivity contribution >= 4 is 74.6 Å². The normalized spacial score (nSPS) is 18.2. The van der Waals surface area contributed by atoms with E-state index in [1.807, 2.05) is 74.8 Å². The summed E-state index contributed by atoms with van der Waals surface area (Å²) < 4.78 is 115. The highest BCUT2D eigenvalue weighted by Crippen LogP contribution is 2.45. The molecule has 5 aromatic carbocycles. The van der Waals surface area contributed by atoms with Crippen molar-refractivity contribution in [3.63, 3.8) is 0 Å². The highest BCUT2D eigenvalue weighted by Gasteiger charge is 2.46. The van der Waals surface area contributed by atoms with Gasteiger partial charge in [-0.15, -0.1) is 10.6 Å². The maximum atomic E-state index is 18.4. The lowest BCUT2D eigenvalue weighted by Crippen LogP contribution is -2.57. The number of sulfonamides is 1. The fraction of sp³-hybridized carbons (Fsp3) is 0.500. The Labute approximate surface area is 609 Å². The van der Waals surface area contributed by atoms with Crippen molar-refractivity contribution < 1.29 is 64.7 Å². The molecule has 4 aliphatic heterocycles. The number of carbonyl (C=O) groups excluding carboxylic acids is 2. The average molecular weight is 1460 g/mol. The SMILES string of the molecule is CCOC(=O)CC(c1ccc(C)c(CN2C[C@@H](C)Oc3cc(OCCOC4CCN(c5nc(N6C[C@H]7CC[C@@H](C6)N7C(=O)OC(C)(C)C)c6cnc(-c7cc(OCOC)cc8ccc(F)c(C#C[Si](C(C)C)(C(C)C)C(C)C)c78)c(F)c6n5)CC4)ccc3S2(=O)=O)c1)c1cc(OC)c2c(c1)nnn2C. The van der Waals surface area contributed by atoms with Crippen molar-refractivity contribution in [1.29, 1.82) is 0 Å². The van der Waals surface area contributed by atoms with E-state index in [1.165, 1.54) is 23.5 Å². The summed E-state index contributed by atoms with van der Waals surface area (Å²) in [5, 5.41) is 9.89. The van der Waals surface area contributed by atoms with Crippen LogP contribution in [-0.2, 0) is 47.4 Å². The fourth-order valence-electron chi connectivity index (χ4n) is 15.8. The standard InChI is InChI=1S/C78H96F2N10O12SSi/c1-16-97-69(91)39-61(53-35-65-74(67(36-53)96-15)86(13)85-84-65)51-18-17-49(8)54(33-51)42-89-41-50(9)101-66-38-58(22-24-68(66)103(89,93)94)99-31-30-98-57-25-28-87(29-26-57)76-82-73-63(75(83-76)88-43-55-20-21-56(44-88)90(55)77(92)102-78(10,11)12)40-81-72(71(73)80)62-37-59(100-45-95-14)34-52-19-23-64(79)60(70(52)62)27-32-104(46(2)3,47(4)5)48(6)7/h17-19,22-24,33-38,40,46-48,50,55-57,61H,16,20-21,25-26,28-31,39,41-45H2,1-15H3/t50-,55-,56+,61?/m1/s1. The number of esters is 1. The molecule has 2 bridgehead atoms. The highest BCUT2D eigenvalue weighted by atomic mass is 32.2. The number of hydrogen-bond donors (Lipinski definition) is 0. The number of aryl methyl sites for hydroxylation is 2. The number of ether oxygens (including phenoxy) is 8. The predicted octanol–water partition coefficient (Wildman–Crippen LogP) is 14.0. The van der Waals surface area contributed by atoms with Gasteiger partial charge < -0.3 is 47.7 Å². The molecule has 3 aromatic heterocycles. The van der Waals surface area contributed by atoms with E-state index in [9.17, 15) is 18.0 Å². The molecule has 4 atom stereocenters. The molecule has 104 heavy (non-hydrogen) atoms. The van der Waals surface area contributed by atoms with Crippen LogP contribution in [0, 0.1) is 30.0 Å². The Morgan fingerprint density at radius 1 is 0.827 bits per heavy atom. The van der Waals surface area contributed by atoms with Crippen LogP contribution in [0.3, 0.4) is 0 Å². The van der Waals surface area contributed by atoms with E-state index in [0.717, 1.165) is 35.1 Å². The number of halogens is 2. The number of fused-ring (bicyclic) bond motifs is 6. The van der Waals surface area contributed by atoms with E-state index in [2.05, 4.69) is 68.2 Å². The molecule has 7 heterocycles. The van der Waals surface area contributed by atoms with Gasteiger partial charge in [0.15, 0.2) is 12.6 Å². The Morgan fingerprint density at radius 3 is 2.24 bits per heavy atom. The zero-order valence-electron chi connectivity index (χ0n) is 62.3. The van der Waals surface area contributed by atoms with Gasteiger partial charge in [-0.1, -0.05) is 76.9 Å². The molecule has 8 aromatic rings. The van der Waals surface area contributed by atoms with Crippen molar-refractivity contribution in [2.24, 2.45) is 7.05 Å². The van der Waals surface area contributed by atoms with Gasteiger partial charge in [0.25, 0.3) is 0 Å². The minimum atomic E-state index is -4.12. The number of methoxy groups -OCH3 is 2. The number of rotatable bonds is 22. The first kappa shape index (κ1) is 75.0. The van der Waals surface area contributed by atoms with E-state index in [-0.39, 0.29) is 126 Å². The molecule has 12 rings (SSSR count). The zero-order chi connectivity index (χ0) is 74.3. The molecule has 0 radical (unpaired) electrons. The molecule has 0 N–H and O–H groups in total. The summed E-state index contributed by atoms with van der Waals surface area (Å²) >= 11 is 0. The smallest absolute Gasteiger partial charge is 0.410 e. The summed E-state index contributed by atoms with van der Waals surface area (Å²) in [7, 11) is -1.65. The van der Waals surface area contributed by atoms with Crippen LogP contribution in [0.15, 0.2) is 83.9 Å². The largest absolute Gasteiger partial charge is 0.494 e. The lowest BCUT2D eigenvalue weighted by atomic mass is 9.86. The molecule has 0 spiro atoms. The van der Waals surface area contributed by atoms with Gasteiger partial charge in [-0.2, -0.15) is 9.29 Å². The van der Waals surface area contributed by atoms with Crippen LogP contribution in [0.4, 0.5) is 25.3 Å². The first-order chi connectivity index (χ1) is 49.6. The van der Waals surface area contributed by atoms with Crippen LogP contribution in [0.2, 0.25) is 16.6 Å². The Morgan fingerprint density at radius 2 is 1.56 bits per heavy atom. The second kappa shape index (κ2) is 30.8. The molecule has 1 unspecified atom stereocenters. The molecule has 22 nitrogen and oxygen atoms in total. The lowest BCUT2D eigenvalue weighted by molar-refractivity contribution is -0.143. The zero-order valence-corrected chi connectivity index (χ0v) is 64.1. The van der Waals surface area contributed by atoms with Gasteiger partial charge >= 0.3 is 12.1 Å². The molecule has 0 saturated carbocycles. The molecular weight excluding hydrogens is 1370 g/mol. The summed E-state index contributed by atoms with van der Waals surface area (Å²) in [4.78, 5) is 48.1. The summed E-state index contributed by atoms with van der Waals surface area (Å²) in [6, 6.07) is 20.5. The van der Waals surface area contributed by atoms with E-state index >= 15 is 8.78 Å². The van der Waals surface area contributed by atoms with Crippen molar-refractivity contribution in [3.8, 4) is 45.7 Å². The molecular formula is C78H96F2N10O12SSi. The van der Waals surface area contributed by atoms with Gasteiger partial charge in [0, 0.05) is 76.0 Å². The number of nitrogens with zero attached hydrogens (tertiary/aromatic N) is 10. The van der Waals surface area contributed by atoms with Crippen molar-refractivity contribution in [2.45, 2.75) is 179 Å². The van der Waals surface area contributed by atoms with Gasteiger partial charge in [0.1, 0.15) is 88.2 Å². The van der Waals surface area contributed by atoms with Gasteiger partial charge in [0.05, 0.1) is 62.4 Å². The van der Waals surface area contributed by atoms with Crippen LogP contribution in [-0.4, -0.2) is 171 Å². The summed E-state index contributed by atoms with van der Waals surface area (Å²) in [6.07, 6.45) is 3.20. The Balaban J connectivity index is 0.774. The van der Waals surface area contributed by atoms with Crippen LogP contribution < -0.4 is 28.7 Å². The van der Waals surface area contributed by atoms with E-state index < -0.39 is 47.4 Å². The monoisotopic (exact) mass is 1460 g/mol. The van der Waals surface area contributed by atoms with Crippen molar-refractivity contribution in [3.05, 3.63) is 118 Å². The maximum absolute atomic E-state index is 18.4. The number of hydrogen-bond acceptors (Lipinski definition) is 19. The molecule has 1 amide bonds. The highest BCUT2D eigenvalue weighted by molar-refractivity contribution is 7.89. The van der Waals surface area contributed by atoms with Crippen LogP contribution in [0.25, 0.3) is 44.0 Å². The predicted molar refractivity (Wildman–Crippen MR) is 398 cm³/mol. The fourth-order valence-corrected chi connectivity index (χ4v) is 22.7. The molecule has 0 aliphatic carbocycles. The molecule has 4 aliphatic rings. The van der Waals surface area contributed by atoms with E-state index in [0.29, 0.717) is 95.2 Å². The third-order valence-corrected chi connectivity index (χ3v) is 28.9. The molecule has 3 saturated heterocycles. The number of piperidine rings is 1. The topological polar surface area (TPSA) is 224 Å². The number of anilines is 2. The third kappa shape index (κ3) is 15.2. The van der Waals surface area contributed by atoms with E-state index in [1.54, 1.807) is 62.3 Å². The van der Waals surface area contributed by atoms with Gasteiger partial charge in [-0.3, -0.25) is 14.7 Å². The van der Waals surface area contributed by atoms with Crippen LogP contribution in [0.5, 0.6) is 23.0 Å². The Bertz CT molecular complexity index is 4690. The number of amides is 1. The summed E-state index contributed by atoms with van der Waals surface area (Å²) in [6.45, 7) is 26.7. The lowest BCUT2D eigenvalue weighted by Gasteiger charge is -2.42. The number of benzene rings is 5. The second-order valence-corrected chi connectivity index (χ2v) is 37.2. The van der Waals surface area contributed by atoms with E-state index in [4.69, 9.17) is 52.8 Å². The Kier molecular flexibility index (Phi) is 22.2. The minimum Gasteiger partial charge on any atom is -0.494 e. The number of carbonyl (C=O) groups is 2. The maximum Gasteiger partial charge on any atom is 0.410 e. The minimum absolute atomic E-state index is 0.00660.